The van der Waals surface area contributed by atoms with Crippen LogP contribution in [-0.4, -0.2) is 39.2 Å². The first-order valence-corrected chi connectivity index (χ1v) is 11.8. The smallest absolute Gasteiger partial charge is 0.294 e. The number of aromatic amines is 1. The predicted octanol–water partition coefficient (Wildman–Crippen LogP) is 4.51. The van der Waals surface area contributed by atoms with Crippen LogP contribution in [0.5, 0.6) is 11.5 Å². The average molecular weight is 477 g/mol. The molecule has 0 radical (unpaired) electrons. The van der Waals surface area contributed by atoms with Crippen molar-refractivity contribution in [1.29, 1.82) is 0 Å². The summed E-state index contributed by atoms with van der Waals surface area (Å²) in [4.78, 5) is 31.8. The van der Waals surface area contributed by atoms with Gasteiger partial charge in [0.25, 0.3) is 11.1 Å². The van der Waals surface area contributed by atoms with E-state index in [9.17, 15) is 14.0 Å². The fourth-order valence-electron chi connectivity index (χ4n) is 5.05. The van der Waals surface area contributed by atoms with E-state index in [1.165, 1.54) is 16.7 Å². The van der Waals surface area contributed by atoms with E-state index in [1.807, 2.05) is 18.3 Å². The number of pyridine rings is 2. The molecule has 5 rings (SSSR count). The summed E-state index contributed by atoms with van der Waals surface area (Å²) in [6.45, 7) is 5.35. The minimum Gasteiger partial charge on any atom is -0.450 e. The number of aryl methyl sites for hydroxylation is 3. The zero-order chi connectivity index (χ0) is 24.9. The Hall–Kier alpha value is -3.65. The number of ether oxygens (including phenoxy) is 1. The number of aromatic nitrogens is 3. The molecule has 1 fully saturated rings. The molecule has 0 saturated carbocycles. The van der Waals surface area contributed by atoms with Gasteiger partial charge in [0.2, 0.25) is 5.75 Å². The maximum absolute atomic E-state index is 14.0. The van der Waals surface area contributed by atoms with Gasteiger partial charge >= 0.3 is 0 Å². The van der Waals surface area contributed by atoms with Crippen molar-refractivity contribution in [2.75, 3.05) is 20.1 Å². The predicted molar refractivity (Wildman–Crippen MR) is 135 cm³/mol. The highest BCUT2D eigenvalue weighted by Gasteiger charge is 2.24. The normalized spacial score (nSPS) is 15.1. The number of piperidine rings is 1. The molecule has 8 heteroatoms. The number of rotatable bonds is 4. The third-order valence-electron chi connectivity index (χ3n) is 6.97. The van der Waals surface area contributed by atoms with Crippen molar-refractivity contribution >= 4 is 10.9 Å². The number of hydrogen-bond acceptors (Lipinski definition) is 4. The Bertz CT molecular complexity index is 1520. The standard InChI is InChI=1S/C27H29FN4O3/c1-16-13-18(28)14-17(2)24(16)35-25-21(22-15-31(4)26(33)23-20(22)5-9-29-23)8-12-32(27(25)34)19-6-10-30(3)11-7-19/h5,8-9,12-15,19,29H,6-7,10-11H2,1-4H3. The highest BCUT2D eigenvalue weighted by molar-refractivity contribution is 5.95. The van der Waals surface area contributed by atoms with Crippen LogP contribution in [0.4, 0.5) is 4.39 Å². The fraction of sp³-hybridized carbons (Fsp3) is 0.333. The van der Waals surface area contributed by atoms with E-state index in [0.29, 0.717) is 38.9 Å². The third-order valence-corrected chi connectivity index (χ3v) is 6.97. The molecular formula is C27H29FN4O3. The molecule has 182 valence electrons. The Labute approximate surface area is 202 Å². The molecule has 4 heterocycles. The lowest BCUT2D eigenvalue weighted by Gasteiger charge is -2.30. The van der Waals surface area contributed by atoms with Crippen LogP contribution < -0.4 is 15.9 Å². The molecule has 1 N–H and O–H groups in total. The van der Waals surface area contributed by atoms with Crippen molar-refractivity contribution in [3.63, 3.8) is 0 Å². The summed E-state index contributed by atoms with van der Waals surface area (Å²) in [5.41, 5.74) is 2.58. The number of hydrogen-bond donors (Lipinski definition) is 1. The van der Waals surface area contributed by atoms with Crippen LogP contribution in [0.15, 0.2) is 52.4 Å². The van der Waals surface area contributed by atoms with Crippen LogP contribution >= 0.6 is 0 Å². The van der Waals surface area contributed by atoms with E-state index < -0.39 is 0 Å². The number of nitrogens with one attached hydrogen (secondary N) is 1. The molecule has 4 aromatic rings. The summed E-state index contributed by atoms with van der Waals surface area (Å²) >= 11 is 0. The first-order chi connectivity index (χ1) is 16.7. The maximum atomic E-state index is 14.0. The number of halogens is 1. The molecule has 1 aliphatic rings. The Balaban J connectivity index is 1.73. The zero-order valence-corrected chi connectivity index (χ0v) is 20.4. The minimum atomic E-state index is -0.350. The molecule has 0 unspecified atom stereocenters. The molecule has 0 atom stereocenters. The van der Waals surface area contributed by atoms with Crippen molar-refractivity contribution in [3.05, 3.63) is 80.5 Å². The number of benzene rings is 1. The van der Waals surface area contributed by atoms with Crippen LogP contribution in [0.25, 0.3) is 22.0 Å². The summed E-state index contributed by atoms with van der Waals surface area (Å²) in [5.74, 6) is 0.280. The minimum absolute atomic E-state index is 0.0675. The van der Waals surface area contributed by atoms with Gasteiger partial charge in [0.1, 0.15) is 17.1 Å². The molecule has 0 bridgehead atoms. The fourth-order valence-corrected chi connectivity index (χ4v) is 5.05. The van der Waals surface area contributed by atoms with Crippen LogP contribution in [0.2, 0.25) is 0 Å². The summed E-state index contributed by atoms with van der Waals surface area (Å²) in [7, 11) is 3.76. The van der Waals surface area contributed by atoms with Crippen LogP contribution in [0.1, 0.15) is 30.0 Å². The van der Waals surface area contributed by atoms with Gasteiger partial charge < -0.3 is 23.8 Å². The molecule has 0 aliphatic carbocycles. The molecule has 35 heavy (non-hydrogen) atoms. The lowest BCUT2D eigenvalue weighted by atomic mass is 10.0. The van der Waals surface area contributed by atoms with Gasteiger partial charge in [0.15, 0.2) is 0 Å². The third kappa shape index (κ3) is 4.08. The van der Waals surface area contributed by atoms with E-state index >= 15 is 0 Å². The lowest BCUT2D eigenvalue weighted by molar-refractivity contribution is 0.218. The van der Waals surface area contributed by atoms with Crippen molar-refractivity contribution in [3.8, 4) is 22.6 Å². The first-order valence-electron chi connectivity index (χ1n) is 11.8. The van der Waals surface area contributed by atoms with Gasteiger partial charge in [0.05, 0.1) is 0 Å². The van der Waals surface area contributed by atoms with Gasteiger partial charge in [-0.15, -0.1) is 0 Å². The van der Waals surface area contributed by atoms with Gasteiger partial charge in [-0.2, -0.15) is 0 Å². The second kappa shape index (κ2) is 8.85. The van der Waals surface area contributed by atoms with Crippen molar-refractivity contribution in [1.82, 2.24) is 19.0 Å². The van der Waals surface area contributed by atoms with Gasteiger partial charge in [-0.1, -0.05) is 0 Å². The lowest BCUT2D eigenvalue weighted by Crippen LogP contribution is -2.35. The zero-order valence-electron chi connectivity index (χ0n) is 20.4. The van der Waals surface area contributed by atoms with Crippen molar-refractivity contribution in [2.45, 2.75) is 32.7 Å². The van der Waals surface area contributed by atoms with E-state index in [4.69, 9.17) is 4.74 Å². The monoisotopic (exact) mass is 476 g/mol. The molecule has 7 nitrogen and oxygen atoms in total. The number of fused-ring (bicyclic) bond motifs is 1. The highest BCUT2D eigenvalue weighted by atomic mass is 19.1. The highest BCUT2D eigenvalue weighted by Crippen LogP contribution is 2.37. The molecule has 1 aliphatic heterocycles. The largest absolute Gasteiger partial charge is 0.450 e. The Morgan fingerprint density at radius 1 is 0.971 bits per heavy atom. The summed E-state index contributed by atoms with van der Waals surface area (Å²) in [6, 6.07) is 6.58. The maximum Gasteiger partial charge on any atom is 0.294 e. The second-order valence-electron chi connectivity index (χ2n) is 9.50. The van der Waals surface area contributed by atoms with E-state index in [1.54, 1.807) is 37.9 Å². The second-order valence-corrected chi connectivity index (χ2v) is 9.50. The first kappa shape index (κ1) is 23.1. The Kier molecular flexibility index (Phi) is 5.84. The Morgan fingerprint density at radius 3 is 2.34 bits per heavy atom. The van der Waals surface area contributed by atoms with Crippen molar-refractivity contribution < 1.29 is 9.13 Å². The SMILES string of the molecule is Cc1cc(F)cc(C)c1Oc1c(-c2cn(C)c(=O)c3[nH]ccc23)ccn(C2CCN(C)CC2)c1=O. The van der Waals surface area contributed by atoms with E-state index in [-0.39, 0.29) is 28.7 Å². The molecule has 0 spiro atoms. The summed E-state index contributed by atoms with van der Waals surface area (Å²) in [5, 5.41) is 0.710. The van der Waals surface area contributed by atoms with E-state index in [2.05, 4.69) is 16.9 Å². The molecular weight excluding hydrogens is 447 g/mol. The number of nitrogens with zero attached hydrogens (tertiary/aromatic N) is 3. The topological polar surface area (TPSA) is 72.3 Å². The van der Waals surface area contributed by atoms with E-state index in [0.717, 1.165) is 25.9 Å². The van der Waals surface area contributed by atoms with Crippen LogP contribution in [-0.2, 0) is 7.05 Å². The van der Waals surface area contributed by atoms with Gasteiger partial charge in [-0.05, 0) is 82.2 Å². The molecule has 3 aromatic heterocycles. The average Bonchev–Trinajstić information content (AvgIpc) is 3.30. The van der Waals surface area contributed by atoms with Gasteiger partial charge in [0, 0.05) is 48.2 Å². The number of likely N-dealkylation sites (tertiary alicyclic amines) is 1. The summed E-state index contributed by atoms with van der Waals surface area (Å²) < 4.78 is 23.6. The quantitative estimate of drug-likeness (QED) is 0.471. The molecule has 1 saturated heterocycles. The Morgan fingerprint density at radius 2 is 1.66 bits per heavy atom. The molecule has 0 amide bonds. The molecule has 1 aromatic carbocycles. The van der Waals surface area contributed by atoms with Gasteiger partial charge in [-0.25, -0.2) is 4.39 Å². The number of H-pyrrole nitrogens is 1. The van der Waals surface area contributed by atoms with Crippen molar-refractivity contribution in [2.24, 2.45) is 7.05 Å². The van der Waals surface area contributed by atoms with Crippen LogP contribution in [0, 0.1) is 19.7 Å². The van der Waals surface area contributed by atoms with Gasteiger partial charge in [-0.3, -0.25) is 9.59 Å². The van der Waals surface area contributed by atoms with Crippen LogP contribution in [0.3, 0.4) is 0 Å². The summed E-state index contributed by atoms with van der Waals surface area (Å²) in [6.07, 6.45) is 7.00.